The lowest BCUT2D eigenvalue weighted by Crippen LogP contribution is -2.15. The average Bonchev–Trinajstić information content (AvgIpc) is 2.37. The van der Waals surface area contributed by atoms with Crippen LogP contribution < -0.4 is 5.32 Å². The van der Waals surface area contributed by atoms with E-state index in [2.05, 4.69) is 5.32 Å². The predicted molar refractivity (Wildman–Crippen MR) is 66.8 cm³/mol. The highest BCUT2D eigenvalue weighted by molar-refractivity contribution is 5.92. The summed E-state index contributed by atoms with van der Waals surface area (Å²) < 4.78 is 39.1. The minimum Gasteiger partial charge on any atom is -0.508 e. The molecular weight excluding hydrogens is 271 g/mol. The minimum absolute atomic E-state index is 0.101. The molecule has 0 saturated heterocycles. The van der Waals surface area contributed by atoms with Gasteiger partial charge in [-0.1, -0.05) is 6.07 Å². The van der Waals surface area contributed by atoms with Crippen molar-refractivity contribution in [3.8, 4) is 5.75 Å². The Labute approximate surface area is 112 Å². The van der Waals surface area contributed by atoms with Gasteiger partial charge in [0.05, 0.1) is 12.1 Å². The third-order valence-electron chi connectivity index (χ3n) is 2.58. The van der Waals surface area contributed by atoms with Crippen molar-refractivity contribution in [1.82, 2.24) is 0 Å². The van der Waals surface area contributed by atoms with Gasteiger partial charge < -0.3 is 10.4 Å². The molecule has 1 amide bonds. The van der Waals surface area contributed by atoms with Crippen molar-refractivity contribution in [2.45, 2.75) is 6.42 Å². The number of carbonyl (C=O) groups excluding carboxylic acids is 1. The van der Waals surface area contributed by atoms with Gasteiger partial charge in [-0.2, -0.15) is 0 Å². The monoisotopic (exact) mass is 281 g/mol. The molecule has 20 heavy (non-hydrogen) atoms. The molecule has 0 heterocycles. The van der Waals surface area contributed by atoms with E-state index in [9.17, 15) is 18.0 Å². The van der Waals surface area contributed by atoms with Gasteiger partial charge in [0.25, 0.3) is 0 Å². The largest absolute Gasteiger partial charge is 0.508 e. The zero-order chi connectivity index (χ0) is 14.7. The first-order chi connectivity index (χ1) is 9.45. The smallest absolute Gasteiger partial charge is 0.228 e. The summed E-state index contributed by atoms with van der Waals surface area (Å²) in [7, 11) is 0. The predicted octanol–water partition coefficient (Wildman–Crippen LogP) is 2.99. The number of nitrogens with one attached hydrogen (secondary N) is 1. The molecule has 0 unspecified atom stereocenters. The van der Waals surface area contributed by atoms with E-state index >= 15 is 0 Å². The number of halogens is 3. The van der Waals surface area contributed by atoms with Crippen LogP contribution in [0.15, 0.2) is 36.4 Å². The van der Waals surface area contributed by atoms with Crippen LogP contribution in [0.3, 0.4) is 0 Å². The van der Waals surface area contributed by atoms with Crippen molar-refractivity contribution in [2.75, 3.05) is 5.32 Å². The van der Waals surface area contributed by atoms with Crippen LogP contribution >= 0.6 is 0 Å². The van der Waals surface area contributed by atoms with Crippen LogP contribution in [0.4, 0.5) is 18.9 Å². The molecule has 104 valence electrons. The van der Waals surface area contributed by atoms with E-state index in [0.717, 1.165) is 18.2 Å². The molecule has 3 nitrogen and oxygen atoms in total. The summed E-state index contributed by atoms with van der Waals surface area (Å²) >= 11 is 0. The highest BCUT2D eigenvalue weighted by atomic mass is 19.2. The first-order valence-electron chi connectivity index (χ1n) is 5.68. The second-order valence-corrected chi connectivity index (χ2v) is 4.14. The Kier molecular flexibility index (Phi) is 3.93. The van der Waals surface area contributed by atoms with E-state index in [1.54, 1.807) is 0 Å². The maximum absolute atomic E-state index is 13.4. The number of benzene rings is 2. The van der Waals surface area contributed by atoms with Crippen LogP contribution in [0.5, 0.6) is 5.75 Å². The average molecular weight is 281 g/mol. The van der Waals surface area contributed by atoms with Gasteiger partial charge in [0.2, 0.25) is 5.91 Å². The molecule has 6 heteroatoms. The Morgan fingerprint density at radius 2 is 1.75 bits per heavy atom. The Morgan fingerprint density at radius 1 is 1.00 bits per heavy atom. The Balaban J connectivity index is 2.07. The van der Waals surface area contributed by atoms with E-state index in [4.69, 9.17) is 5.11 Å². The van der Waals surface area contributed by atoms with E-state index in [1.807, 2.05) is 0 Å². The van der Waals surface area contributed by atoms with Crippen LogP contribution in [0.1, 0.15) is 5.56 Å². The van der Waals surface area contributed by atoms with Crippen molar-refractivity contribution in [1.29, 1.82) is 0 Å². The van der Waals surface area contributed by atoms with E-state index in [1.165, 1.54) is 18.2 Å². The molecule has 0 aliphatic rings. The fourth-order valence-electron chi connectivity index (χ4n) is 1.63. The number of aromatic hydroxyl groups is 1. The molecule has 2 N–H and O–H groups in total. The number of hydrogen-bond acceptors (Lipinski definition) is 2. The van der Waals surface area contributed by atoms with Crippen LogP contribution in [-0.4, -0.2) is 11.0 Å². The molecule has 0 saturated carbocycles. The van der Waals surface area contributed by atoms with Crippen molar-refractivity contribution < 1.29 is 23.1 Å². The van der Waals surface area contributed by atoms with Gasteiger partial charge in [-0.3, -0.25) is 4.79 Å². The normalized spacial score (nSPS) is 10.3. The van der Waals surface area contributed by atoms with Gasteiger partial charge in [-0.05, 0) is 29.8 Å². The Hall–Kier alpha value is -2.50. The summed E-state index contributed by atoms with van der Waals surface area (Å²) in [5.74, 6) is -3.69. The summed E-state index contributed by atoms with van der Waals surface area (Å²) in [6.07, 6.45) is -0.225. The minimum atomic E-state index is -1.05. The maximum atomic E-state index is 13.4. The number of rotatable bonds is 3. The maximum Gasteiger partial charge on any atom is 0.228 e. The molecule has 0 aliphatic carbocycles. The molecule has 2 rings (SSSR count). The van der Waals surface area contributed by atoms with E-state index in [0.29, 0.717) is 0 Å². The molecule has 0 spiro atoms. The van der Waals surface area contributed by atoms with Gasteiger partial charge in [-0.15, -0.1) is 0 Å². The highest BCUT2D eigenvalue weighted by Crippen LogP contribution is 2.19. The molecule has 0 radical (unpaired) electrons. The molecule has 2 aromatic rings. The van der Waals surface area contributed by atoms with Gasteiger partial charge in [0.1, 0.15) is 11.6 Å². The summed E-state index contributed by atoms with van der Waals surface area (Å²) in [5.41, 5.74) is 0.163. The van der Waals surface area contributed by atoms with Crippen molar-refractivity contribution in [3.63, 3.8) is 0 Å². The quantitative estimate of drug-likeness (QED) is 0.850. The van der Waals surface area contributed by atoms with Gasteiger partial charge >= 0.3 is 0 Å². The summed E-state index contributed by atoms with van der Waals surface area (Å²) in [6, 6.07) is 6.36. The van der Waals surface area contributed by atoms with Gasteiger partial charge in [-0.25, -0.2) is 13.2 Å². The van der Waals surface area contributed by atoms with E-state index < -0.39 is 23.4 Å². The standard InChI is InChI=1S/C14H10F3NO2/c15-10-3-1-8(5-11(10)16)6-14(20)18-13-4-2-9(19)7-12(13)17/h1-5,7,19H,6H2,(H,18,20). The Morgan fingerprint density at radius 3 is 2.40 bits per heavy atom. The van der Waals surface area contributed by atoms with Crippen LogP contribution in [0, 0.1) is 17.5 Å². The zero-order valence-corrected chi connectivity index (χ0v) is 10.2. The van der Waals surface area contributed by atoms with Crippen molar-refractivity contribution >= 4 is 11.6 Å². The third kappa shape index (κ3) is 3.28. The lowest BCUT2D eigenvalue weighted by Gasteiger charge is -2.07. The Bertz CT molecular complexity index is 659. The molecule has 2 aromatic carbocycles. The van der Waals surface area contributed by atoms with E-state index in [-0.39, 0.29) is 23.4 Å². The second-order valence-electron chi connectivity index (χ2n) is 4.14. The SMILES string of the molecule is O=C(Cc1ccc(F)c(F)c1)Nc1ccc(O)cc1F. The molecule has 0 aromatic heterocycles. The summed E-state index contributed by atoms with van der Waals surface area (Å²) in [4.78, 5) is 11.7. The van der Waals surface area contributed by atoms with Crippen molar-refractivity contribution in [3.05, 3.63) is 59.4 Å². The first kappa shape index (κ1) is 13.9. The fraction of sp³-hybridized carbons (Fsp3) is 0.0714. The van der Waals surface area contributed by atoms with Gasteiger partial charge in [0, 0.05) is 6.07 Å². The summed E-state index contributed by atoms with van der Waals surface area (Å²) in [5, 5.41) is 11.3. The topological polar surface area (TPSA) is 49.3 Å². The number of anilines is 1. The molecule has 0 fully saturated rings. The fourth-order valence-corrected chi connectivity index (χ4v) is 1.63. The van der Waals surface area contributed by atoms with Crippen LogP contribution in [-0.2, 0) is 11.2 Å². The first-order valence-corrected chi connectivity index (χ1v) is 5.68. The molecule has 0 bridgehead atoms. The lowest BCUT2D eigenvalue weighted by molar-refractivity contribution is -0.115. The van der Waals surface area contributed by atoms with Crippen LogP contribution in [0.25, 0.3) is 0 Å². The summed E-state index contributed by atoms with van der Waals surface area (Å²) in [6.45, 7) is 0. The van der Waals surface area contributed by atoms with Crippen molar-refractivity contribution in [2.24, 2.45) is 0 Å². The van der Waals surface area contributed by atoms with Gasteiger partial charge in [0.15, 0.2) is 11.6 Å². The van der Waals surface area contributed by atoms with Crippen LogP contribution in [0.2, 0.25) is 0 Å². The highest BCUT2D eigenvalue weighted by Gasteiger charge is 2.10. The number of phenols is 1. The number of hydrogen-bond donors (Lipinski definition) is 2. The molecular formula is C14H10F3NO2. The lowest BCUT2D eigenvalue weighted by atomic mass is 10.1. The molecule has 0 aliphatic heterocycles. The number of carbonyl (C=O) groups is 1. The number of phenolic OH excluding ortho intramolecular Hbond substituents is 1. The number of amides is 1. The third-order valence-corrected chi connectivity index (χ3v) is 2.58. The zero-order valence-electron chi connectivity index (χ0n) is 10.2. The molecule has 0 atom stereocenters. The second kappa shape index (κ2) is 5.64.